The third-order valence-electron chi connectivity index (χ3n) is 28.8. The van der Waals surface area contributed by atoms with Crippen LogP contribution in [0.3, 0.4) is 0 Å². The quantitative estimate of drug-likeness (QED) is 0.128. The molecule has 0 aliphatic carbocycles. The van der Waals surface area contributed by atoms with E-state index in [1.807, 2.05) is 0 Å². The van der Waals surface area contributed by atoms with Crippen LogP contribution in [0.1, 0.15) is 158 Å². The molecule has 0 radical (unpaired) electrons. The topological polar surface area (TPSA) is 42.6 Å². The third-order valence-corrected chi connectivity index (χ3v) is 28.8. The second kappa shape index (κ2) is 30.1. The van der Waals surface area contributed by atoms with Crippen LogP contribution >= 0.6 is 0 Å². The van der Waals surface area contributed by atoms with Crippen LogP contribution in [0.4, 0.5) is 34.1 Å². The highest BCUT2D eigenvalue weighted by molar-refractivity contribution is 7.00. The minimum Gasteiger partial charge on any atom is -0.456 e. The van der Waals surface area contributed by atoms with E-state index in [1.54, 1.807) is 0 Å². The average Bonchev–Trinajstić information content (AvgIpc) is 1.62. The van der Waals surface area contributed by atoms with E-state index < -0.39 is 0 Å². The van der Waals surface area contributed by atoms with Gasteiger partial charge in [-0.25, -0.2) is 0 Å². The molecule has 0 spiro atoms. The van der Waals surface area contributed by atoms with Gasteiger partial charge in [-0.05, 0) is 267 Å². The first-order valence-electron chi connectivity index (χ1n) is 47.4. The number of hydrogen-bond donors (Lipinski definition) is 0. The Morgan fingerprint density at radius 1 is 0.211 bits per heavy atom. The summed E-state index contributed by atoms with van der Waals surface area (Å²) >= 11 is 0. The van der Waals surface area contributed by atoms with Crippen molar-refractivity contribution >= 4 is 145 Å². The number of benzene rings is 17. The van der Waals surface area contributed by atoms with E-state index in [1.165, 1.54) is 71.3 Å². The van der Waals surface area contributed by atoms with Crippen molar-refractivity contribution in [1.82, 2.24) is 9.13 Å². The summed E-state index contributed by atoms with van der Waals surface area (Å²) in [5, 5.41) is 9.14. The molecule has 23 rings (SSSR count). The van der Waals surface area contributed by atoms with E-state index in [4.69, 9.17) is 8.83 Å². The van der Waals surface area contributed by atoms with Crippen LogP contribution in [0.25, 0.3) is 166 Å². The predicted molar refractivity (Wildman–Crippen MR) is 569 cm³/mol. The molecule has 21 aromatic rings. The molecule has 6 heterocycles. The lowest BCUT2D eigenvalue weighted by atomic mass is 9.33. The smallest absolute Gasteiger partial charge is 0.252 e. The second-order valence-corrected chi connectivity index (χ2v) is 43.7. The number of furan rings is 2. The van der Waals surface area contributed by atoms with Crippen molar-refractivity contribution in [2.45, 2.75) is 157 Å². The lowest BCUT2D eigenvalue weighted by molar-refractivity contribution is 0.590. The molecule has 2 aliphatic heterocycles. The Bertz CT molecular complexity index is 7730. The van der Waals surface area contributed by atoms with Crippen molar-refractivity contribution in [3.8, 4) is 78.1 Å². The molecule has 0 saturated heterocycles. The molecule has 6 nitrogen and oxygen atoms in total. The van der Waals surface area contributed by atoms with Gasteiger partial charge in [0.25, 0.3) is 6.71 Å². The molecule has 4 aromatic heterocycles. The maximum atomic E-state index is 7.31. The minimum absolute atomic E-state index is 0.106. The van der Waals surface area contributed by atoms with Gasteiger partial charge in [-0.3, -0.25) is 0 Å². The van der Waals surface area contributed by atoms with Gasteiger partial charge >= 0.3 is 0 Å². The number of rotatable bonds is 10. The van der Waals surface area contributed by atoms with Crippen LogP contribution in [-0.4, -0.2) is 15.8 Å². The molecule has 0 saturated carbocycles. The van der Waals surface area contributed by atoms with Crippen molar-refractivity contribution < 1.29 is 8.83 Å². The summed E-state index contributed by atoms with van der Waals surface area (Å²) in [5.41, 5.74) is 39.9. The van der Waals surface area contributed by atoms with Crippen LogP contribution in [0.15, 0.2) is 355 Å². The largest absolute Gasteiger partial charge is 0.456 e. The first kappa shape index (κ1) is 83.0. The highest BCUT2D eigenvalue weighted by Crippen LogP contribution is 2.58. The van der Waals surface area contributed by atoms with Gasteiger partial charge in [-0.15, -0.1) is 0 Å². The highest BCUT2D eigenvalue weighted by atomic mass is 16.3. The number of nitrogens with zero attached hydrogens (tertiary/aromatic N) is 4. The molecular weight excluding hydrogens is 1610 g/mol. The van der Waals surface area contributed by atoms with Gasteiger partial charge in [0.05, 0.1) is 33.4 Å². The summed E-state index contributed by atoms with van der Waals surface area (Å²) < 4.78 is 19.1. The molecule has 650 valence electrons. The number of fused-ring (bicyclic) bond motifs is 16. The molecule has 0 amide bonds. The Morgan fingerprint density at radius 3 is 0.902 bits per heavy atom. The van der Waals surface area contributed by atoms with Crippen molar-refractivity contribution in [3.63, 3.8) is 0 Å². The molecule has 2 aliphatic rings. The zero-order valence-electron chi connectivity index (χ0n) is 79.6. The van der Waals surface area contributed by atoms with E-state index in [-0.39, 0.29) is 39.2 Å². The second-order valence-electron chi connectivity index (χ2n) is 43.7. The summed E-state index contributed by atoms with van der Waals surface area (Å²) in [4.78, 5) is 5.52. The molecule has 0 atom stereocenters. The van der Waals surface area contributed by atoms with Crippen LogP contribution in [0, 0.1) is 0 Å². The van der Waals surface area contributed by atoms with Crippen LogP contribution < -0.4 is 26.2 Å². The summed E-state index contributed by atoms with van der Waals surface area (Å²) in [6.45, 7) is 41.9. The Labute approximate surface area is 781 Å². The number of hydrogen-bond acceptors (Lipinski definition) is 4. The minimum atomic E-state index is -0.376. The third kappa shape index (κ3) is 13.7. The molecule has 0 N–H and O–H groups in total. The Morgan fingerprint density at radius 2 is 0.534 bits per heavy atom. The maximum Gasteiger partial charge on any atom is 0.252 e. The molecule has 0 fully saturated rings. The maximum absolute atomic E-state index is 7.31. The number of anilines is 6. The van der Waals surface area contributed by atoms with Crippen LogP contribution in [0.5, 0.6) is 0 Å². The van der Waals surface area contributed by atoms with Crippen molar-refractivity contribution in [1.29, 1.82) is 0 Å². The Hall–Kier alpha value is -14.4. The van der Waals surface area contributed by atoms with Crippen molar-refractivity contribution in [3.05, 3.63) is 379 Å². The zero-order valence-corrected chi connectivity index (χ0v) is 79.6. The number of para-hydroxylation sites is 2. The SMILES string of the molecule is CC(C)(C)c1cc(-c2ccccc2)c(N2c3cc(-n4c5ccc(C(C)(C)C)cc5c5cc(C(C)(C)C)ccc54)ccc3B3c4ccc(-n5c6ccc(C(C)(C)C)cc6c6cc(C(C)(C)C)ccc65)cc4N(c4c(-c5ccccc5)cc(C(C)(C)C)cc4-c4ccccc4)c4cc(-c5cc(-c6ccc7oc8ccccc8c7c6)c6oc7ccccc7c6c5)cc2c43)c(-c2ccccc2)c1. The fraction of sp³-hybridized carbons (Fsp3) is 0.190. The van der Waals surface area contributed by atoms with Crippen LogP contribution in [0.2, 0.25) is 0 Å². The van der Waals surface area contributed by atoms with Crippen LogP contribution in [-0.2, 0) is 32.5 Å². The van der Waals surface area contributed by atoms with E-state index in [9.17, 15) is 0 Å². The van der Waals surface area contributed by atoms with Crippen molar-refractivity contribution in [2.24, 2.45) is 0 Å². The Kier molecular flexibility index (Phi) is 18.8. The highest BCUT2D eigenvalue weighted by Gasteiger charge is 2.47. The van der Waals surface area contributed by atoms with Gasteiger partial charge in [-0.2, -0.15) is 0 Å². The standard InChI is InChI=1S/C126H111BN4O2/c1-121(2,3)83-48-56-106-98(66-83)99-67-84(122(4,5)6)49-57-107(99)128(106)89-52-54-104-110(74-89)130(118-93(76-35-23-19-24-36-76)70-87(125(13,14)15)71-94(118)77-37-25-20-26-38-77)112-64-82(81-62-97(120-103(63-81)92-44-32-34-46-115(92)133-120)80-47-60-116-102(61-80)91-43-31-33-45-114(91)132-116)65-113-117(112)127(104)105-55-53-90(129-108-58-50-85(123(7,8)9)68-100(108)101-69-86(124(10,11)12)51-59-109(101)129)75-111(105)131(113)119-95(78-39-27-21-28-40-78)72-88(126(16,17)18)73-96(119)79-41-29-22-30-42-79/h19-75H,1-18H3. The molecule has 0 bridgehead atoms. The van der Waals surface area contributed by atoms with Crippen molar-refractivity contribution in [2.75, 3.05) is 9.80 Å². The Balaban J connectivity index is 0.927. The van der Waals surface area contributed by atoms with Gasteiger partial charge in [0.15, 0.2) is 0 Å². The molecule has 0 unspecified atom stereocenters. The first-order chi connectivity index (χ1) is 63.7. The molecule has 17 aromatic carbocycles. The summed E-state index contributed by atoms with van der Waals surface area (Å²) in [6.07, 6.45) is 0. The molecule has 133 heavy (non-hydrogen) atoms. The average molecular weight is 1720 g/mol. The van der Waals surface area contributed by atoms with Gasteiger partial charge in [-0.1, -0.05) is 325 Å². The molecular formula is C126H111BN4O2. The van der Waals surface area contributed by atoms with Gasteiger partial charge in [0.2, 0.25) is 0 Å². The lowest BCUT2D eigenvalue weighted by Gasteiger charge is -2.46. The van der Waals surface area contributed by atoms with E-state index in [0.717, 1.165) is 178 Å². The summed E-state index contributed by atoms with van der Waals surface area (Å²) in [5.74, 6) is 0. The fourth-order valence-electron chi connectivity index (χ4n) is 21.4. The monoisotopic (exact) mass is 1720 g/mol. The van der Waals surface area contributed by atoms with E-state index in [2.05, 4.69) is 489 Å². The summed E-state index contributed by atoms with van der Waals surface area (Å²) in [6, 6.07) is 133. The number of aromatic nitrogens is 2. The van der Waals surface area contributed by atoms with E-state index in [0.29, 0.717) is 0 Å². The lowest BCUT2D eigenvalue weighted by Crippen LogP contribution is -2.61. The van der Waals surface area contributed by atoms with E-state index >= 15 is 0 Å². The molecule has 7 heteroatoms. The van der Waals surface area contributed by atoms with Gasteiger partial charge in [0.1, 0.15) is 22.3 Å². The normalized spacial score (nSPS) is 13.3. The fourth-order valence-corrected chi connectivity index (χ4v) is 21.4. The summed E-state index contributed by atoms with van der Waals surface area (Å²) in [7, 11) is 0. The van der Waals surface area contributed by atoms with Gasteiger partial charge in [0, 0.05) is 105 Å². The predicted octanol–water partition coefficient (Wildman–Crippen LogP) is 33.5. The first-order valence-corrected chi connectivity index (χ1v) is 47.4. The zero-order chi connectivity index (χ0) is 91.6. The van der Waals surface area contributed by atoms with Gasteiger partial charge < -0.3 is 27.8 Å².